The van der Waals surface area contributed by atoms with Gasteiger partial charge in [0.05, 0.1) is 4.90 Å². The van der Waals surface area contributed by atoms with Crippen molar-refractivity contribution in [3.8, 4) is 0 Å². The minimum absolute atomic E-state index is 0.00918. The summed E-state index contributed by atoms with van der Waals surface area (Å²) in [4.78, 5) is 26.7. The van der Waals surface area contributed by atoms with E-state index in [1.165, 1.54) is 12.1 Å². The number of fused-ring (bicyclic) bond motifs is 1. The molecule has 0 aliphatic heterocycles. The van der Waals surface area contributed by atoms with Crippen molar-refractivity contribution in [1.29, 1.82) is 0 Å². The molecule has 2 saturated carbocycles. The van der Waals surface area contributed by atoms with E-state index in [4.69, 9.17) is 14.7 Å². The number of ether oxygens (including phenoxy) is 1. The highest BCUT2D eigenvalue weighted by molar-refractivity contribution is 7.86. The van der Waals surface area contributed by atoms with Crippen LogP contribution in [-0.4, -0.2) is 39.4 Å². The molecule has 0 amide bonds. The molecule has 0 radical (unpaired) electrons. The molecule has 1 unspecified atom stereocenters. The highest BCUT2D eigenvalue weighted by atomic mass is 32.2. The summed E-state index contributed by atoms with van der Waals surface area (Å²) in [6, 6.07) is 6.28. The van der Waals surface area contributed by atoms with E-state index in [2.05, 4.69) is 20.8 Å². The number of rotatable bonds is 12. The first-order chi connectivity index (χ1) is 18.1. The van der Waals surface area contributed by atoms with Crippen molar-refractivity contribution in [3.63, 3.8) is 0 Å². The zero-order valence-electron chi connectivity index (χ0n) is 24.9. The third kappa shape index (κ3) is 6.59. The molecule has 2 aliphatic rings. The van der Waals surface area contributed by atoms with Gasteiger partial charge in [0.1, 0.15) is 11.9 Å². The lowest BCUT2D eigenvalue weighted by Gasteiger charge is -2.56. The van der Waals surface area contributed by atoms with E-state index in [9.17, 15) is 18.0 Å². The van der Waals surface area contributed by atoms with Gasteiger partial charge in [0.25, 0.3) is 10.1 Å². The third-order valence-corrected chi connectivity index (χ3v) is 11.4. The lowest BCUT2D eigenvalue weighted by molar-refractivity contribution is -0.181. The van der Waals surface area contributed by atoms with Gasteiger partial charge in [0, 0.05) is 16.7 Å². The second kappa shape index (κ2) is 12.0. The van der Waals surface area contributed by atoms with Crippen LogP contribution in [0.1, 0.15) is 92.1 Å². The van der Waals surface area contributed by atoms with Crippen molar-refractivity contribution >= 4 is 21.9 Å². The van der Waals surface area contributed by atoms with Crippen molar-refractivity contribution < 1.29 is 26.9 Å². The van der Waals surface area contributed by atoms with E-state index < -0.39 is 34.2 Å². The van der Waals surface area contributed by atoms with Gasteiger partial charge in [-0.05, 0) is 81.4 Å². The van der Waals surface area contributed by atoms with Gasteiger partial charge in [0.15, 0.2) is 6.61 Å². The minimum atomic E-state index is -4.12. The van der Waals surface area contributed by atoms with Crippen molar-refractivity contribution in [3.05, 3.63) is 29.8 Å². The van der Waals surface area contributed by atoms with Gasteiger partial charge in [-0.3, -0.25) is 8.98 Å². The van der Waals surface area contributed by atoms with Gasteiger partial charge < -0.3 is 10.5 Å². The molecule has 0 aromatic heterocycles. The number of aryl methyl sites for hydroxylation is 1. The number of Topliss-reactive ketones (excluding diaryl/α,β-unsaturated/α-hetero) is 1. The summed E-state index contributed by atoms with van der Waals surface area (Å²) in [5.74, 6) is -0.218. The standard InChI is InChI=1S/C31H49NO6S/c1-21(2)28(34)30(6,17-18-32)19-26(31(7)23(4)14-16-29(5)15-8-9-25(29)31)38-27(33)20-37-39(35,36)24-12-10-22(3)11-13-24/h10-13,21,23,25-26H,8-9,14-20,32H2,1-7H3/t23-,25?,26-,29-,30+,31-/m1/s1. The number of hydrogen-bond donors (Lipinski definition) is 1. The molecule has 6 atom stereocenters. The Kier molecular flexibility index (Phi) is 9.77. The number of benzene rings is 1. The van der Waals surface area contributed by atoms with Crippen molar-refractivity contribution in [2.24, 2.45) is 39.7 Å². The van der Waals surface area contributed by atoms with Crippen LogP contribution < -0.4 is 5.73 Å². The first-order valence-electron chi connectivity index (χ1n) is 14.5. The van der Waals surface area contributed by atoms with E-state index in [0.717, 1.165) is 37.7 Å². The smallest absolute Gasteiger partial charge is 0.333 e. The van der Waals surface area contributed by atoms with Crippen LogP contribution in [0.15, 0.2) is 29.2 Å². The Labute approximate surface area is 235 Å². The van der Waals surface area contributed by atoms with E-state index in [-0.39, 0.29) is 33.3 Å². The fourth-order valence-electron chi connectivity index (χ4n) is 7.57. The van der Waals surface area contributed by atoms with Gasteiger partial charge in [-0.15, -0.1) is 0 Å². The van der Waals surface area contributed by atoms with E-state index in [1.54, 1.807) is 12.1 Å². The number of nitrogens with two attached hydrogens (primary N) is 1. The summed E-state index contributed by atoms with van der Waals surface area (Å²) < 4.78 is 36.8. The summed E-state index contributed by atoms with van der Waals surface area (Å²) in [6.07, 6.45) is 5.74. The number of esters is 1. The maximum atomic E-state index is 13.5. The molecule has 0 spiro atoms. The van der Waals surface area contributed by atoms with Crippen molar-refractivity contribution in [1.82, 2.24) is 0 Å². The van der Waals surface area contributed by atoms with Crippen molar-refractivity contribution in [2.75, 3.05) is 13.2 Å². The highest BCUT2D eigenvalue weighted by Gasteiger charge is 2.59. The highest BCUT2D eigenvalue weighted by Crippen LogP contribution is 2.63. The average molecular weight is 564 g/mol. The largest absolute Gasteiger partial charge is 0.460 e. The summed E-state index contributed by atoms with van der Waals surface area (Å²) >= 11 is 0. The molecule has 7 nitrogen and oxygen atoms in total. The maximum absolute atomic E-state index is 13.5. The second-order valence-corrected chi connectivity index (χ2v) is 14.9. The Morgan fingerprint density at radius 1 is 1.13 bits per heavy atom. The molecule has 8 heteroatoms. The number of carbonyl (C=O) groups excluding carboxylic acids is 2. The SMILES string of the molecule is Cc1ccc(S(=O)(=O)OCC(=O)O[C@H](C[C@](C)(CCN)C(=O)C(C)C)[C@@]2(C)C3CCC[C@]3(C)CC[C@H]2C)cc1. The Morgan fingerprint density at radius 2 is 1.77 bits per heavy atom. The molecule has 2 fully saturated rings. The zero-order valence-corrected chi connectivity index (χ0v) is 25.7. The predicted octanol–water partition coefficient (Wildman–Crippen LogP) is 5.83. The van der Waals surface area contributed by atoms with Gasteiger partial charge in [-0.25, -0.2) is 4.79 Å². The van der Waals surface area contributed by atoms with E-state index >= 15 is 0 Å². The Balaban J connectivity index is 1.92. The van der Waals surface area contributed by atoms with Crippen LogP contribution in [0.25, 0.3) is 0 Å². The quantitative estimate of drug-likeness (QED) is 0.252. The molecule has 3 rings (SSSR count). The summed E-state index contributed by atoms with van der Waals surface area (Å²) in [6.45, 7) is 14.0. The molecule has 1 aromatic rings. The van der Waals surface area contributed by atoms with Crippen LogP contribution in [0.3, 0.4) is 0 Å². The summed E-state index contributed by atoms with van der Waals surface area (Å²) in [5.41, 5.74) is 5.92. The first-order valence-corrected chi connectivity index (χ1v) is 15.9. The summed E-state index contributed by atoms with van der Waals surface area (Å²) in [5, 5.41) is 0. The average Bonchev–Trinajstić information content (AvgIpc) is 3.27. The number of carbonyl (C=O) groups is 2. The molecule has 220 valence electrons. The van der Waals surface area contributed by atoms with Gasteiger partial charge >= 0.3 is 5.97 Å². The second-order valence-electron chi connectivity index (χ2n) is 13.2. The van der Waals surface area contributed by atoms with Gasteiger partial charge in [-0.2, -0.15) is 8.42 Å². The van der Waals surface area contributed by atoms with Gasteiger partial charge in [0.2, 0.25) is 0 Å². The Bertz CT molecular complexity index is 1130. The summed E-state index contributed by atoms with van der Waals surface area (Å²) in [7, 11) is -4.12. The van der Waals surface area contributed by atoms with Crippen LogP contribution in [0.2, 0.25) is 0 Å². The fraction of sp³-hybridized carbons (Fsp3) is 0.742. The topological polar surface area (TPSA) is 113 Å². The molecule has 2 N–H and O–H groups in total. The predicted molar refractivity (Wildman–Crippen MR) is 152 cm³/mol. The molecule has 39 heavy (non-hydrogen) atoms. The Hall–Kier alpha value is -1.77. The van der Waals surface area contributed by atoms with E-state index in [0.29, 0.717) is 25.3 Å². The molecule has 2 aliphatic carbocycles. The molecule has 1 aromatic carbocycles. The monoisotopic (exact) mass is 563 g/mol. The fourth-order valence-corrected chi connectivity index (χ4v) is 8.42. The molecule has 0 bridgehead atoms. The lowest BCUT2D eigenvalue weighted by atomic mass is 9.50. The van der Waals surface area contributed by atoms with Crippen LogP contribution >= 0.6 is 0 Å². The molecule has 0 saturated heterocycles. The minimum Gasteiger partial charge on any atom is -0.460 e. The van der Waals surface area contributed by atoms with Crippen LogP contribution in [0.5, 0.6) is 0 Å². The van der Waals surface area contributed by atoms with Crippen LogP contribution in [0.4, 0.5) is 0 Å². The lowest BCUT2D eigenvalue weighted by Crippen LogP contribution is -2.55. The number of hydrogen-bond acceptors (Lipinski definition) is 7. The third-order valence-electron chi connectivity index (χ3n) is 10.1. The molecular weight excluding hydrogens is 514 g/mol. The van der Waals surface area contributed by atoms with E-state index in [1.807, 2.05) is 27.7 Å². The van der Waals surface area contributed by atoms with Crippen LogP contribution in [0, 0.1) is 40.9 Å². The normalized spacial score (nSPS) is 29.5. The van der Waals surface area contributed by atoms with Crippen LogP contribution in [-0.2, 0) is 28.6 Å². The first kappa shape index (κ1) is 31.8. The van der Waals surface area contributed by atoms with Crippen molar-refractivity contribution in [2.45, 2.75) is 104 Å². The Morgan fingerprint density at radius 3 is 2.36 bits per heavy atom. The molecular formula is C31H49NO6S. The molecule has 0 heterocycles. The zero-order chi connectivity index (χ0) is 29.2. The van der Waals surface area contributed by atoms with Gasteiger partial charge in [-0.1, -0.05) is 65.7 Å². The maximum Gasteiger partial charge on any atom is 0.333 e. The number of ketones is 1.